The van der Waals surface area contributed by atoms with Crippen molar-refractivity contribution >= 4 is 0 Å². The van der Waals surface area contributed by atoms with Crippen molar-refractivity contribution in [3.8, 4) is 0 Å². The second kappa shape index (κ2) is 4.93. The van der Waals surface area contributed by atoms with Crippen molar-refractivity contribution in [1.82, 2.24) is 0 Å². The topological polar surface area (TPSA) is 46.2 Å². The van der Waals surface area contributed by atoms with Crippen LogP contribution < -0.4 is 5.73 Å². The Bertz CT molecular complexity index is 330. The maximum Gasteiger partial charge on any atom is 0.123 e. The van der Waals surface area contributed by atoms with E-state index in [9.17, 15) is 9.50 Å². The number of aliphatic hydroxyl groups excluding tert-OH is 1. The fourth-order valence-electron chi connectivity index (χ4n) is 2.42. The van der Waals surface area contributed by atoms with Gasteiger partial charge in [0, 0.05) is 6.04 Å². The molecule has 1 aliphatic carbocycles. The number of rotatable bonds is 2. The molecule has 0 spiro atoms. The SMILES string of the molecule is NC(c1ccc(F)cc1)C1CCC(O)CC1. The van der Waals surface area contributed by atoms with E-state index < -0.39 is 0 Å². The molecular weight excluding hydrogens is 205 g/mol. The molecule has 1 aliphatic rings. The Morgan fingerprint density at radius 3 is 2.25 bits per heavy atom. The molecule has 1 fully saturated rings. The third-order valence-electron chi connectivity index (χ3n) is 3.50. The van der Waals surface area contributed by atoms with Gasteiger partial charge in [-0.15, -0.1) is 0 Å². The largest absolute Gasteiger partial charge is 0.393 e. The van der Waals surface area contributed by atoms with E-state index in [2.05, 4.69) is 0 Å². The van der Waals surface area contributed by atoms with Crippen LogP contribution in [-0.4, -0.2) is 11.2 Å². The maximum absolute atomic E-state index is 12.8. The summed E-state index contributed by atoms with van der Waals surface area (Å²) in [7, 11) is 0. The highest BCUT2D eigenvalue weighted by Crippen LogP contribution is 2.32. The first-order valence-electron chi connectivity index (χ1n) is 5.86. The lowest BCUT2D eigenvalue weighted by Gasteiger charge is -2.30. The summed E-state index contributed by atoms with van der Waals surface area (Å²) in [5, 5.41) is 9.43. The molecule has 2 nitrogen and oxygen atoms in total. The van der Waals surface area contributed by atoms with Crippen molar-refractivity contribution in [2.24, 2.45) is 11.7 Å². The minimum Gasteiger partial charge on any atom is -0.393 e. The normalized spacial score (nSPS) is 27.7. The molecule has 0 aromatic heterocycles. The van der Waals surface area contributed by atoms with Gasteiger partial charge in [-0.1, -0.05) is 12.1 Å². The van der Waals surface area contributed by atoms with Crippen molar-refractivity contribution in [3.63, 3.8) is 0 Å². The quantitative estimate of drug-likeness (QED) is 0.808. The molecule has 1 unspecified atom stereocenters. The number of hydrogen-bond donors (Lipinski definition) is 2. The number of nitrogens with two attached hydrogens (primary N) is 1. The summed E-state index contributed by atoms with van der Waals surface area (Å²) in [6.45, 7) is 0. The number of hydrogen-bond acceptors (Lipinski definition) is 2. The molecule has 0 aliphatic heterocycles. The monoisotopic (exact) mass is 223 g/mol. The second-order valence-corrected chi connectivity index (χ2v) is 4.65. The molecule has 0 radical (unpaired) electrons. The van der Waals surface area contributed by atoms with Crippen LogP contribution >= 0.6 is 0 Å². The lowest BCUT2D eigenvalue weighted by Crippen LogP contribution is -2.27. The molecule has 3 heteroatoms. The Labute approximate surface area is 95.3 Å². The molecule has 0 heterocycles. The first-order chi connectivity index (χ1) is 7.66. The van der Waals surface area contributed by atoms with Crippen molar-refractivity contribution in [2.45, 2.75) is 37.8 Å². The van der Waals surface area contributed by atoms with E-state index in [1.54, 1.807) is 12.1 Å². The molecule has 1 aromatic rings. The highest BCUT2D eigenvalue weighted by atomic mass is 19.1. The predicted molar refractivity (Wildman–Crippen MR) is 61.3 cm³/mol. The number of halogens is 1. The van der Waals surface area contributed by atoms with Crippen molar-refractivity contribution < 1.29 is 9.50 Å². The van der Waals surface area contributed by atoms with Gasteiger partial charge in [0.05, 0.1) is 6.10 Å². The second-order valence-electron chi connectivity index (χ2n) is 4.65. The highest BCUT2D eigenvalue weighted by Gasteiger charge is 2.25. The average Bonchev–Trinajstić information content (AvgIpc) is 2.30. The minimum absolute atomic E-state index is 0.0342. The molecule has 1 saturated carbocycles. The van der Waals surface area contributed by atoms with Gasteiger partial charge in [-0.2, -0.15) is 0 Å². The zero-order valence-electron chi connectivity index (χ0n) is 9.27. The van der Waals surface area contributed by atoms with Crippen molar-refractivity contribution in [1.29, 1.82) is 0 Å². The van der Waals surface area contributed by atoms with Crippen LogP contribution in [0.2, 0.25) is 0 Å². The summed E-state index contributed by atoms with van der Waals surface area (Å²) < 4.78 is 12.8. The maximum atomic E-state index is 12.8. The first kappa shape index (κ1) is 11.6. The van der Waals surface area contributed by atoms with Gasteiger partial charge in [0.2, 0.25) is 0 Å². The minimum atomic E-state index is -0.227. The molecule has 0 saturated heterocycles. The summed E-state index contributed by atoms with van der Waals surface area (Å²) in [6, 6.07) is 6.38. The Balaban J connectivity index is 2.01. The summed E-state index contributed by atoms with van der Waals surface area (Å²) >= 11 is 0. The van der Waals surface area contributed by atoms with Crippen LogP contribution in [0.3, 0.4) is 0 Å². The van der Waals surface area contributed by atoms with Crippen LogP contribution in [0.5, 0.6) is 0 Å². The van der Waals surface area contributed by atoms with Crippen LogP contribution in [0, 0.1) is 11.7 Å². The van der Waals surface area contributed by atoms with Gasteiger partial charge < -0.3 is 10.8 Å². The number of aliphatic hydroxyl groups is 1. The standard InChI is InChI=1S/C13H18FNO/c14-11-5-1-9(2-6-11)13(15)10-3-7-12(16)8-4-10/h1-2,5-6,10,12-13,16H,3-4,7-8,15H2. The smallest absolute Gasteiger partial charge is 0.123 e. The van der Waals surface area contributed by atoms with Crippen LogP contribution in [0.25, 0.3) is 0 Å². The van der Waals surface area contributed by atoms with Crippen LogP contribution in [0.1, 0.15) is 37.3 Å². The molecule has 88 valence electrons. The molecular formula is C13H18FNO. The average molecular weight is 223 g/mol. The van der Waals surface area contributed by atoms with Crippen LogP contribution in [0.4, 0.5) is 4.39 Å². The van der Waals surface area contributed by atoms with Gasteiger partial charge in [-0.05, 0) is 49.3 Å². The van der Waals surface area contributed by atoms with E-state index in [-0.39, 0.29) is 18.0 Å². The van der Waals surface area contributed by atoms with E-state index >= 15 is 0 Å². The van der Waals surface area contributed by atoms with E-state index in [0.29, 0.717) is 5.92 Å². The summed E-state index contributed by atoms with van der Waals surface area (Å²) in [5.41, 5.74) is 7.15. The van der Waals surface area contributed by atoms with Gasteiger partial charge in [0.25, 0.3) is 0 Å². The molecule has 3 N–H and O–H groups in total. The van der Waals surface area contributed by atoms with E-state index in [4.69, 9.17) is 5.73 Å². The van der Waals surface area contributed by atoms with Crippen LogP contribution in [-0.2, 0) is 0 Å². The Morgan fingerprint density at radius 1 is 1.12 bits per heavy atom. The fourth-order valence-corrected chi connectivity index (χ4v) is 2.42. The zero-order chi connectivity index (χ0) is 11.5. The van der Waals surface area contributed by atoms with Gasteiger partial charge in [-0.3, -0.25) is 0 Å². The Kier molecular flexibility index (Phi) is 3.56. The lowest BCUT2D eigenvalue weighted by molar-refractivity contribution is 0.102. The summed E-state index contributed by atoms with van der Waals surface area (Å²) in [6.07, 6.45) is 3.43. The van der Waals surface area contributed by atoms with E-state index in [1.807, 2.05) is 0 Å². The molecule has 0 bridgehead atoms. The Morgan fingerprint density at radius 2 is 1.69 bits per heavy atom. The van der Waals surface area contributed by atoms with Gasteiger partial charge >= 0.3 is 0 Å². The summed E-state index contributed by atoms with van der Waals surface area (Å²) in [5.74, 6) is 0.184. The molecule has 1 atom stereocenters. The molecule has 0 amide bonds. The van der Waals surface area contributed by atoms with Crippen molar-refractivity contribution in [2.75, 3.05) is 0 Å². The summed E-state index contributed by atoms with van der Waals surface area (Å²) in [4.78, 5) is 0. The lowest BCUT2D eigenvalue weighted by atomic mass is 9.80. The van der Waals surface area contributed by atoms with E-state index in [1.165, 1.54) is 12.1 Å². The van der Waals surface area contributed by atoms with Gasteiger partial charge in [-0.25, -0.2) is 4.39 Å². The fraction of sp³-hybridized carbons (Fsp3) is 0.538. The van der Waals surface area contributed by atoms with Gasteiger partial charge in [0.15, 0.2) is 0 Å². The third kappa shape index (κ3) is 2.60. The van der Waals surface area contributed by atoms with Crippen molar-refractivity contribution in [3.05, 3.63) is 35.6 Å². The van der Waals surface area contributed by atoms with E-state index in [0.717, 1.165) is 31.2 Å². The highest BCUT2D eigenvalue weighted by molar-refractivity contribution is 5.20. The molecule has 2 rings (SSSR count). The molecule has 1 aromatic carbocycles. The zero-order valence-corrected chi connectivity index (χ0v) is 9.27. The number of benzene rings is 1. The Hall–Kier alpha value is -0.930. The predicted octanol–water partition coefficient (Wildman–Crippen LogP) is 2.38. The van der Waals surface area contributed by atoms with Crippen LogP contribution in [0.15, 0.2) is 24.3 Å². The van der Waals surface area contributed by atoms with Gasteiger partial charge in [0.1, 0.15) is 5.82 Å². The molecule has 16 heavy (non-hydrogen) atoms. The first-order valence-corrected chi connectivity index (χ1v) is 5.86. The third-order valence-corrected chi connectivity index (χ3v) is 3.50.